The van der Waals surface area contributed by atoms with Gasteiger partial charge in [0, 0.05) is 0 Å². The highest BCUT2D eigenvalue weighted by atomic mass is 32.2. The molecule has 2 aromatic rings. The van der Waals surface area contributed by atoms with E-state index in [0.29, 0.717) is 23.8 Å². The van der Waals surface area contributed by atoms with E-state index in [1.54, 1.807) is 30.3 Å². The maximum Gasteiger partial charge on any atom is 0.238 e. The zero-order valence-corrected chi connectivity index (χ0v) is 16.9. The van der Waals surface area contributed by atoms with Crippen molar-refractivity contribution in [3.05, 3.63) is 59.7 Å². The van der Waals surface area contributed by atoms with Gasteiger partial charge in [0.25, 0.3) is 0 Å². The SMILES string of the molecule is NS(=O)(=O)c1ccc(/C=C/C(=O)c2c(O)cccc2OCC2CCCCC2)cc1. The molecule has 154 valence electrons. The van der Waals surface area contributed by atoms with Crippen molar-refractivity contribution < 1.29 is 23.1 Å². The monoisotopic (exact) mass is 415 g/mol. The number of rotatable bonds is 7. The third-order valence-electron chi connectivity index (χ3n) is 5.09. The van der Waals surface area contributed by atoms with Crippen LogP contribution >= 0.6 is 0 Å². The molecular weight excluding hydrogens is 390 g/mol. The van der Waals surface area contributed by atoms with Crippen LogP contribution in [0, 0.1) is 5.92 Å². The molecule has 0 saturated heterocycles. The molecule has 29 heavy (non-hydrogen) atoms. The highest BCUT2D eigenvalue weighted by molar-refractivity contribution is 7.89. The predicted molar refractivity (Wildman–Crippen MR) is 111 cm³/mol. The Hall–Kier alpha value is -2.64. The predicted octanol–water partition coefficient (Wildman–Crippen LogP) is 3.89. The van der Waals surface area contributed by atoms with E-state index in [1.165, 1.54) is 43.5 Å². The average molecular weight is 416 g/mol. The van der Waals surface area contributed by atoms with Crippen LogP contribution in [0.15, 0.2) is 53.4 Å². The maximum atomic E-state index is 12.7. The van der Waals surface area contributed by atoms with E-state index in [2.05, 4.69) is 0 Å². The van der Waals surface area contributed by atoms with Crippen LogP contribution in [0.2, 0.25) is 0 Å². The highest BCUT2D eigenvalue weighted by Gasteiger charge is 2.18. The van der Waals surface area contributed by atoms with Gasteiger partial charge in [-0.1, -0.05) is 43.5 Å². The topological polar surface area (TPSA) is 107 Å². The lowest BCUT2D eigenvalue weighted by Crippen LogP contribution is -2.16. The molecule has 6 nitrogen and oxygen atoms in total. The lowest BCUT2D eigenvalue weighted by molar-refractivity contribution is 0.103. The Morgan fingerprint density at radius 1 is 1.10 bits per heavy atom. The summed E-state index contributed by atoms with van der Waals surface area (Å²) in [5.74, 6) is 0.319. The molecular formula is C22H25NO5S. The number of allylic oxidation sites excluding steroid dienone is 1. The molecule has 2 aromatic carbocycles. The average Bonchev–Trinajstić information content (AvgIpc) is 2.71. The lowest BCUT2D eigenvalue weighted by atomic mass is 9.90. The number of primary sulfonamides is 1. The Kier molecular flexibility index (Phi) is 6.71. The van der Waals surface area contributed by atoms with Gasteiger partial charge in [-0.25, -0.2) is 13.6 Å². The smallest absolute Gasteiger partial charge is 0.238 e. The van der Waals surface area contributed by atoms with Gasteiger partial charge in [0.15, 0.2) is 5.78 Å². The molecule has 0 aliphatic heterocycles. The molecule has 0 heterocycles. The molecule has 1 aliphatic rings. The van der Waals surface area contributed by atoms with Gasteiger partial charge in [0.05, 0.1) is 11.5 Å². The van der Waals surface area contributed by atoms with Crippen molar-refractivity contribution in [1.29, 1.82) is 0 Å². The first-order valence-electron chi connectivity index (χ1n) is 9.64. The van der Waals surface area contributed by atoms with E-state index < -0.39 is 15.8 Å². The Bertz CT molecular complexity index is 990. The van der Waals surface area contributed by atoms with E-state index >= 15 is 0 Å². The molecule has 1 aliphatic carbocycles. The molecule has 0 amide bonds. The summed E-state index contributed by atoms with van der Waals surface area (Å²) in [7, 11) is -3.76. The van der Waals surface area contributed by atoms with Gasteiger partial charge in [-0.15, -0.1) is 0 Å². The number of phenols is 1. The molecule has 0 unspecified atom stereocenters. The Balaban J connectivity index is 1.73. The van der Waals surface area contributed by atoms with Crippen LogP contribution in [0.25, 0.3) is 6.08 Å². The van der Waals surface area contributed by atoms with Crippen LogP contribution in [0.4, 0.5) is 0 Å². The molecule has 0 aromatic heterocycles. The number of hydrogen-bond acceptors (Lipinski definition) is 5. The maximum absolute atomic E-state index is 12.7. The zero-order valence-electron chi connectivity index (χ0n) is 16.1. The van der Waals surface area contributed by atoms with Gasteiger partial charge in [-0.2, -0.15) is 0 Å². The molecule has 3 rings (SSSR count). The summed E-state index contributed by atoms with van der Waals surface area (Å²) in [4.78, 5) is 12.7. The first-order valence-corrected chi connectivity index (χ1v) is 11.2. The number of carbonyl (C=O) groups excluding carboxylic acids is 1. The van der Waals surface area contributed by atoms with Crippen molar-refractivity contribution in [2.24, 2.45) is 11.1 Å². The minimum Gasteiger partial charge on any atom is -0.507 e. The molecule has 0 atom stereocenters. The van der Waals surface area contributed by atoms with Crippen molar-refractivity contribution >= 4 is 21.9 Å². The normalized spacial score (nSPS) is 15.5. The van der Waals surface area contributed by atoms with Gasteiger partial charge in [-0.3, -0.25) is 4.79 Å². The van der Waals surface area contributed by atoms with Gasteiger partial charge in [-0.05, 0) is 54.7 Å². The third kappa shape index (κ3) is 5.68. The van der Waals surface area contributed by atoms with E-state index in [4.69, 9.17) is 9.88 Å². The van der Waals surface area contributed by atoms with Crippen LogP contribution in [0.5, 0.6) is 11.5 Å². The van der Waals surface area contributed by atoms with Crippen molar-refractivity contribution in [2.45, 2.75) is 37.0 Å². The molecule has 1 saturated carbocycles. The van der Waals surface area contributed by atoms with Gasteiger partial charge in [0.2, 0.25) is 10.0 Å². The number of ether oxygens (including phenoxy) is 1. The molecule has 0 radical (unpaired) electrons. The van der Waals surface area contributed by atoms with E-state index in [9.17, 15) is 18.3 Å². The number of sulfonamides is 1. The number of nitrogens with two attached hydrogens (primary N) is 1. The van der Waals surface area contributed by atoms with E-state index in [1.807, 2.05) is 0 Å². The van der Waals surface area contributed by atoms with Crippen LogP contribution in [-0.4, -0.2) is 25.9 Å². The number of benzene rings is 2. The van der Waals surface area contributed by atoms with Crippen LogP contribution in [0.1, 0.15) is 48.0 Å². The summed E-state index contributed by atoms with van der Waals surface area (Å²) in [5, 5.41) is 15.3. The van der Waals surface area contributed by atoms with Crippen LogP contribution in [0.3, 0.4) is 0 Å². The zero-order chi connectivity index (χ0) is 20.9. The van der Waals surface area contributed by atoms with Crippen molar-refractivity contribution in [3.8, 4) is 11.5 Å². The Morgan fingerprint density at radius 2 is 1.79 bits per heavy atom. The fourth-order valence-electron chi connectivity index (χ4n) is 3.47. The first kappa shape index (κ1) is 21.1. The van der Waals surface area contributed by atoms with Gasteiger partial charge < -0.3 is 9.84 Å². The number of aromatic hydroxyl groups is 1. The fraction of sp³-hybridized carbons (Fsp3) is 0.318. The second-order valence-corrected chi connectivity index (χ2v) is 8.84. The molecule has 7 heteroatoms. The Labute approximate surface area is 171 Å². The number of phenolic OH excluding ortho intramolecular Hbond substituents is 1. The minimum absolute atomic E-state index is 0.0000734. The summed E-state index contributed by atoms with van der Waals surface area (Å²) in [6.07, 6.45) is 8.78. The quantitative estimate of drug-likeness (QED) is 0.527. The lowest BCUT2D eigenvalue weighted by Gasteiger charge is -2.22. The summed E-state index contributed by atoms with van der Waals surface area (Å²) < 4.78 is 28.5. The van der Waals surface area contributed by atoms with Crippen molar-refractivity contribution in [2.75, 3.05) is 6.61 Å². The third-order valence-corrected chi connectivity index (χ3v) is 6.01. The standard InChI is InChI=1S/C22H25NO5S/c23-29(26,27)18-12-9-16(10-13-18)11-14-20(25)22-19(24)7-4-8-21(22)28-15-17-5-2-1-3-6-17/h4,7-14,17,24H,1-3,5-6,15H2,(H2,23,26,27)/b14-11+. The molecule has 1 fully saturated rings. The Morgan fingerprint density at radius 3 is 2.45 bits per heavy atom. The van der Waals surface area contributed by atoms with Crippen molar-refractivity contribution in [1.82, 2.24) is 0 Å². The van der Waals surface area contributed by atoms with Crippen LogP contribution in [-0.2, 0) is 10.0 Å². The van der Waals surface area contributed by atoms with Gasteiger partial charge in [0.1, 0.15) is 17.1 Å². The molecule has 0 bridgehead atoms. The van der Waals surface area contributed by atoms with Gasteiger partial charge >= 0.3 is 0 Å². The summed E-state index contributed by atoms with van der Waals surface area (Å²) in [6.45, 7) is 0.530. The molecule has 0 spiro atoms. The summed E-state index contributed by atoms with van der Waals surface area (Å²) in [5.41, 5.74) is 0.756. The highest BCUT2D eigenvalue weighted by Crippen LogP contribution is 2.30. The fourth-order valence-corrected chi connectivity index (χ4v) is 3.99. The minimum atomic E-state index is -3.76. The second-order valence-electron chi connectivity index (χ2n) is 7.28. The van der Waals surface area contributed by atoms with Crippen LogP contribution < -0.4 is 9.88 Å². The van der Waals surface area contributed by atoms with E-state index in [-0.39, 0.29) is 16.2 Å². The number of hydrogen-bond donors (Lipinski definition) is 2. The first-order chi connectivity index (χ1) is 13.8. The number of ketones is 1. The number of carbonyl (C=O) groups is 1. The summed E-state index contributed by atoms with van der Waals surface area (Å²) >= 11 is 0. The van der Waals surface area contributed by atoms with Crippen molar-refractivity contribution in [3.63, 3.8) is 0 Å². The summed E-state index contributed by atoms with van der Waals surface area (Å²) in [6, 6.07) is 10.6. The second kappa shape index (κ2) is 9.24. The van der Waals surface area contributed by atoms with E-state index in [0.717, 1.165) is 12.8 Å². The molecule has 3 N–H and O–H groups in total. The largest absolute Gasteiger partial charge is 0.507 e.